The number of halogens is 6. The number of carbonyl (C=O) groups excluding carboxylic acids is 3. The number of esters is 2. The molecule has 8 nitrogen and oxygen atoms in total. The zero-order chi connectivity index (χ0) is 45.8. The molecule has 0 spiro atoms. The number of fused-ring (bicyclic) bond motifs is 6. The van der Waals surface area contributed by atoms with E-state index in [1.165, 1.54) is 20.3 Å². The number of Topliss-reactive ketones (excluding diaryl/α,β-unsaturated/α-hetero) is 1. The first-order chi connectivity index (χ1) is 29.5. The van der Waals surface area contributed by atoms with E-state index in [0.717, 1.165) is 16.7 Å². The molecular formula is C49H50F6O8. The lowest BCUT2D eigenvalue weighted by Gasteiger charge is -2.56. The van der Waals surface area contributed by atoms with Crippen molar-refractivity contribution in [1.29, 1.82) is 0 Å². The average Bonchev–Trinajstić information content (AvgIpc) is 3.24. The van der Waals surface area contributed by atoms with Gasteiger partial charge in [-0.3, -0.25) is 4.79 Å². The summed E-state index contributed by atoms with van der Waals surface area (Å²) in [5.74, 6) is -2.71. The number of hydrogen-bond acceptors (Lipinski definition) is 8. The molecule has 3 N–H and O–H groups in total. The molecule has 4 aromatic carbocycles. The highest BCUT2D eigenvalue weighted by Gasteiger charge is 2.64. The van der Waals surface area contributed by atoms with Gasteiger partial charge in [0.05, 0.1) is 30.9 Å². The molecule has 63 heavy (non-hydrogen) atoms. The summed E-state index contributed by atoms with van der Waals surface area (Å²) in [4.78, 5) is 37.0. The fourth-order valence-electron chi connectivity index (χ4n) is 11.1. The zero-order valence-corrected chi connectivity index (χ0v) is 35.1. The molecule has 2 fully saturated rings. The topological polar surface area (TPSA) is 130 Å². The first kappa shape index (κ1) is 46.0. The van der Waals surface area contributed by atoms with Gasteiger partial charge in [-0.1, -0.05) is 72.8 Å². The van der Waals surface area contributed by atoms with Crippen LogP contribution in [0, 0.1) is 11.8 Å². The molecule has 4 aliphatic carbocycles. The van der Waals surface area contributed by atoms with Crippen LogP contribution in [-0.4, -0.2) is 70.8 Å². The van der Waals surface area contributed by atoms with Crippen LogP contribution in [0.25, 0.3) is 0 Å². The maximum atomic E-state index is 13.7. The van der Waals surface area contributed by atoms with E-state index in [9.17, 15) is 56.0 Å². The third kappa shape index (κ3) is 8.30. The third-order valence-electron chi connectivity index (χ3n) is 14.4. The minimum Gasteiger partial charge on any atom is -0.465 e. The fraction of sp³-hybridized carbons (Fsp3) is 0.449. The van der Waals surface area contributed by atoms with Crippen LogP contribution in [-0.2, 0) is 38.7 Å². The molecule has 8 rings (SSSR count). The highest BCUT2D eigenvalue weighted by molar-refractivity contribution is 6.02. The van der Waals surface area contributed by atoms with Crippen molar-refractivity contribution in [3.63, 3.8) is 0 Å². The van der Waals surface area contributed by atoms with Crippen LogP contribution in [0.1, 0.15) is 117 Å². The predicted octanol–water partition coefficient (Wildman–Crippen LogP) is 9.29. The van der Waals surface area contributed by atoms with Crippen LogP contribution in [0.15, 0.2) is 97.1 Å². The molecule has 0 bridgehead atoms. The Hall–Kier alpha value is -5.05. The number of benzene rings is 4. The highest BCUT2D eigenvalue weighted by atomic mass is 19.4. The second-order valence-corrected chi connectivity index (χ2v) is 18.1. The predicted molar refractivity (Wildman–Crippen MR) is 219 cm³/mol. The lowest BCUT2D eigenvalue weighted by atomic mass is 9.50. The minimum atomic E-state index is -4.76. The van der Waals surface area contributed by atoms with Crippen molar-refractivity contribution in [3.8, 4) is 0 Å². The number of methoxy groups -OCH3 is 2. The van der Waals surface area contributed by atoms with Crippen LogP contribution in [0.5, 0.6) is 0 Å². The van der Waals surface area contributed by atoms with E-state index in [2.05, 4.69) is 0 Å². The lowest BCUT2D eigenvalue weighted by Crippen LogP contribution is -2.58. The summed E-state index contributed by atoms with van der Waals surface area (Å²) in [6.45, 7) is 1.56. The molecule has 7 atom stereocenters. The molecule has 0 aliphatic heterocycles. The number of hydrogen-bond donors (Lipinski definition) is 3. The molecule has 14 heteroatoms. The molecule has 0 aromatic heterocycles. The average molecular weight is 881 g/mol. The second-order valence-electron chi connectivity index (χ2n) is 18.1. The Bertz CT molecular complexity index is 2360. The maximum Gasteiger partial charge on any atom is 0.417 e. The van der Waals surface area contributed by atoms with Crippen LogP contribution in [0.3, 0.4) is 0 Å². The van der Waals surface area contributed by atoms with Gasteiger partial charge in [0.2, 0.25) is 0 Å². The maximum absolute atomic E-state index is 13.7. The van der Waals surface area contributed by atoms with Crippen molar-refractivity contribution < 1.29 is 65.5 Å². The van der Waals surface area contributed by atoms with E-state index in [1.807, 2.05) is 60.7 Å². The van der Waals surface area contributed by atoms with Gasteiger partial charge in [-0.15, -0.1) is 0 Å². The summed E-state index contributed by atoms with van der Waals surface area (Å²) in [6.07, 6.45) is -10.3. The van der Waals surface area contributed by atoms with Gasteiger partial charge in [0, 0.05) is 22.8 Å². The van der Waals surface area contributed by atoms with Crippen molar-refractivity contribution in [2.45, 2.75) is 111 Å². The van der Waals surface area contributed by atoms with Gasteiger partial charge in [0.25, 0.3) is 0 Å². The number of ketones is 1. The smallest absolute Gasteiger partial charge is 0.417 e. The van der Waals surface area contributed by atoms with Crippen LogP contribution in [0.4, 0.5) is 26.3 Å². The third-order valence-corrected chi connectivity index (χ3v) is 14.4. The van der Waals surface area contributed by atoms with E-state index in [4.69, 9.17) is 9.47 Å². The van der Waals surface area contributed by atoms with Crippen LogP contribution < -0.4 is 0 Å². The van der Waals surface area contributed by atoms with Gasteiger partial charge in [-0.25, -0.2) is 9.59 Å². The highest BCUT2D eigenvalue weighted by Crippen LogP contribution is 2.61. The molecule has 0 heterocycles. The SMILES string of the molecule is COC(=O)c1ccc2c(c1)C(=O)C[C@@H]1C[C@@](O)(C(F)(F)F)CC[C@@]21Cc1ccccc1.COC(=O)c1ccc2c(c1)C(C)(O)C[C@@H]1C[C@@](O)(C(F)(F)F)CC[C@@]21Cc1ccccc1. The van der Waals surface area contributed by atoms with E-state index in [-0.39, 0.29) is 42.6 Å². The summed E-state index contributed by atoms with van der Waals surface area (Å²) in [7, 11) is 2.52. The molecule has 0 radical (unpaired) electrons. The number of alkyl halides is 6. The number of aliphatic hydroxyl groups is 3. The molecule has 4 aromatic rings. The molecule has 0 amide bonds. The molecule has 336 valence electrons. The molecule has 0 saturated heterocycles. The monoisotopic (exact) mass is 880 g/mol. The standard InChI is InChI=1S/C25H27F3O4.C24H23F3O4/c1-22(30)14-18-15-24(31,25(26,27)28)11-10-23(18,13-16-6-4-3-5-7-16)19-9-8-17(12-20(19)22)21(29)32-2;1-31-21(29)16-7-8-19-18(11-16)20(28)12-17-14-23(30,24(25,26)27)10-9-22(17,19)13-15-5-3-2-4-6-15/h3-9,12,18,30-31H,10-11,13-15H2,1-2H3;2-8,11,17,30H,9-10,12-14H2,1H3/t18-,22?,23+,24-;17-,22+,23-/m11/s1. The van der Waals surface area contributed by atoms with Gasteiger partial charge >= 0.3 is 24.3 Å². The Labute approximate surface area is 361 Å². The minimum absolute atomic E-state index is 0.0514. The summed E-state index contributed by atoms with van der Waals surface area (Å²) in [5, 5.41) is 32.2. The van der Waals surface area contributed by atoms with Crippen molar-refractivity contribution in [1.82, 2.24) is 0 Å². The largest absolute Gasteiger partial charge is 0.465 e. The Kier molecular flexibility index (Phi) is 12.0. The fourth-order valence-corrected chi connectivity index (χ4v) is 11.1. The normalized spacial score (nSPS) is 30.0. The number of ether oxygens (including phenoxy) is 2. The lowest BCUT2D eigenvalue weighted by molar-refractivity contribution is -0.281. The van der Waals surface area contributed by atoms with Crippen molar-refractivity contribution in [3.05, 3.63) is 142 Å². The second kappa shape index (κ2) is 16.5. The first-order valence-electron chi connectivity index (χ1n) is 20.9. The van der Waals surface area contributed by atoms with Gasteiger partial charge in [0.15, 0.2) is 17.0 Å². The zero-order valence-electron chi connectivity index (χ0n) is 35.1. The first-order valence-corrected chi connectivity index (χ1v) is 20.9. The summed E-state index contributed by atoms with van der Waals surface area (Å²) >= 11 is 0. The van der Waals surface area contributed by atoms with Crippen molar-refractivity contribution >= 4 is 17.7 Å². The summed E-state index contributed by atoms with van der Waals surface area (Å²) < 4.78 is 91.6. The molecule has 4 aliphatic rings. The Balaban J connectivity index is 0.000000189. The van der Waals surface area contributed by atoms with Crippen molar-refractivity contribution in [2.24, 2.45) is 11.8 Å². The summed E-state index contributed by atoms with van der Waals surface area (Å²) in [6, 6.07) is 28.6. The van der Waals surface area contributed by atoms with Crippen molar-refractivity contribution in [2.75, 3.05) is 14.2 Å². The van der Waals surface area contributed by atoms with Crippen LogP contribution >= 0.6 is 0 Å². The van der Waals surface area contributed by atoms with E-state index in [1.54, 1.807) is 37.3 Å². The van der Waals surface area contributed by atoms with E-state index < -0.39 is 89.4 Å². The Morgan fingerprint density at radius 1 is 0.603 bits per heavy atom. The molecule has 2 saturated carbocycles. The van der Waals surface area contributed by atoms with Gasteiger partial charge < -0.3 is 24.8 Å². The van der Waals surface area contributed by atoms with Gasteiger partial charge in [-0.05, 0) is 129 Å². The Morgan fingerprint density at radius 2 is 1.05 bits per heavy atom. The molecule has 1 unspecified atom stereocenters. The summed E-state index contributed by atoms with van der Waals surface area (Å²) in [5.41, 5.74) is -3.78. The van der Waals surface area contributed by atoms with Crippen LogP contribution in [0.2, 0.25) is 0 Å². The number of rotatable bonds is 6. The quantitative estimate of drug-likeness (QED) is 0.129. The van der Waals surface area contributed by atoms with E-state index in [0.29, 0.717) is 29.5 Å². The molecular weight excluding hydrogens is 831 g/mol. The van der Waals surface area contributed by atoms with Gasteiger partial charge in [0.1, 0.15) is 0 Å². The Morgan fingerprint density at radius 3 is 1.52 bits per heavy atom. The van der Waals surface area contributed by atoms with Gasteiger partial charge in [-0.2, -0.15) is 26.3 Å². The number of carbonyl (C=O) groups is 3. The van der Waals surface area contributed by atoms with E-state index >= 15 is 0 Å².